The van der Waals surface area contributed by atoms with E-state index < -0.39 is 0 Å². The molecule has 0 saturated heterocycles. The zero-order valence-corrected chi connectivity index (χ0v) is 14.3. The molecule has 3 aromatic rings. The predicted molar refractivity (Wildman–Crippen MR) is 92.1 cm³/mol. The van der Waals surface area contributed by atoms with Crippen LogP contribution in [0.1, 0.15) is 20.9 Å². The summed E-state index contributed by atoms with van der Waals surface area (Å²) >= 11 is 9.07. The van der Waals surface area contributed by atoms with Crippen molar-refractivity contribution in [3.63, 3.8) is 0 Å². The van der Waals surface area contributed by atoms with Crippen molar-refractivity contribution in [2.24, 2.45) is 0 Å². The van der Waals surface area contributed by atoms with Crippen molar-refractivity contribution >= 4 is 45.9 Å². The molecule has 3 aromatic heterocycles. The highest BCUT2D eigenvalue weighted by Crippen LogP contribution is 2.30. The molecule has 0 atom stereocenters. The van der Waals surface area contributed by atoms with E-state index >= 15 is 0 Å². The van der Waals surface area contributed by atoms with Crippen molar-refractivity contribution in [3.8, 4) is 9.88 Å². The molecule has 112 valence electrons. The van der Waals surface area contributed by atoms with Gasteiger partial charge in [0.2, 0.25) is 0 Å². The maximum atomic E-state index is 12.4. The fourth-order valence-corrected chi connectivity index (χ4v) is 3.95. The highest BCUT2D eigenvalue weighted by atomic mass is 35.5. The lowest BCUT2D eigenvalue weighted by atomic mass is 10.2. The molecule has 0 aromatic carbocycles. The lowest BCUT2D eigenvalue weighted by Crippen LogP contribution is -2.12. The van der Waals surface area contributed by atoms with E-state index in [4.69, 9.17) is 11.6 Å². The number of anilines is 1. The number of thiazole rings is 1. The normalized spacial score (nSPS) is 10.7. The van der Waals surface area contributed by atoms with Gasteiger partial charge in [0.1, 0.15) is 9.88 Å². The monoisotopic (exact) mass is 349 g/mol. The van der Waals surface area contributed by atoms with Crippen molar-refractivity contribution in [3.05, 3.63) is 51.1 Å². The van der Waals surface area contributed by atoms with Gasteiger partial charge in [-0.3, -0.25) is 4.79 Å². The van der Waals surface area contributed by atoms with Gasteiger partial charge < -0.3 is 5.32 Å². The average molecular weight is 350 g/mol. The highest BCUT2D eigenvalue weighted by Gasteiger charge is 2.15. The molecular formula is C15H12ClN3OS2. The number of thiophene rings is 1. The smallest absolute Gasteiger partial charge is 0.267 e. The summed E-state index contributed by atoms with van der Waals surface area (Å²) in [5.41, 5.74) is 2.25. The van der Waals surface area contributed by atoms with Crippen LogP contribution < -0.4 is 5.32 Å². The first-order valence-electron chi connectivity index (χ1n) is 6.49. The molecule has 1 N–H and O–H groups in total. The fraction of sp³-hybridized carbons (Fsp3) is 0.133. The quantitative estimate of drug-likeness (QED) is 0.692. The van der Waals surface area contributed by atoms with Gasteiger partial charge in [-0.05, 0) is 36.9 Å². The lowest BCUT2D eigenvalue weighted by Gasteiger charge is -2.09. The number of nitrogens with zero attached hydrogens (tertiary/aromatic N) is 2. The third kappa shape index (κ3) is 3.04. The molecule has 0 radical (unpaired) electrons. The zero-order chi connectivity index (χ0) is 15.7. The van der Waals surface area contributed by atoms with E-state index in [-0.39, 0.29) is 5.91 Å². The molecule has 0 unspecified atom stereocenters. The van der Waals surface area contributed by atoms with E-state index in [1.165, 1.54) is 11.3 Å². The van der Waals surface area contributed by atoms with Gasteiger partial charge in [-0.2, -0.15) is 0 Å². The predicted octanol–water partition coefficient (Wildman–Crippen LogP) is 4.79. The van der Waals surface area contributed by atoms with Gasteiger partial charge in [0, 0.05) is 5.69 Å². The summed E-state index contributed by atoms with van der Waals surface area (Å²) in [4.78, 5) is 22.4. The Labute approximate surface area is 140 Å². The van der Waals surface area contributed by atoms with Crippen molar-refractivity contribution in [1.82, 2.24) is 9.97 Å². The average Bonchev–Trinajstić information content (AvgIpc) is 3.12. The Morgan fingerprint density at radius 2 is 2.18 bits per heavy atom. The van der Waals surface area contributed by atoms with Crippen LogP contribution in [0.2, 0.25) is 5.15 Å². The molecule has 0 aliphatic carbocycles. The minimum absolute atomic E-state index is 0.226. The topological polar surface area (TPSA) is 54.9 Å². The Kier molecular flexibility index (Phi) is 4.24. The van der Waals surface area contributed by atoms with Gasteiger partial charge in [-0.15, -0.1) is 22.7 Å². The molecule has 0 bridgehead atoms. The SMILES string of the molecule is Cc1cc(C)c(NC(=O)c2cnc(-c3cccs3)s2)c(Cl)n1. The summed E-state index contributed by atoms with van der Waals surface area (Å²) in [6.45, 7) is 3.75. The molecule has 0 aliphatic heterocycles. The third-order valence-electron chi connectivity index (χ3n) is 3.00. The zero-order valence-electron chi connectivity index (χ0n) is 11.9. The van der Waals surface area contributed by atoms with E-state index in [2.05, 4.69) is 15.3 Å². The number of nitrogens with one attached hydrogen (secondary N) is 1. The standard InChI is InChI=1S/C15H12ClN3OS2/c1-8-6-9(2)18-13(16)12(8)19-14(20)11-7-17-15(22-11)10-4-3-5-21-10/h3-7H,1-2H3,(H,19,20). The second-order valence-corrected chi connectivity index (χ2v) is 7.04. The second-order valence-electron chi connectivity index (χ2n) is 4.71. The van der Waals surface area contributed by atoms with E-state index in [1.807, 2.05) is 37.4 Å². The summed E-state index contributed by atoms with van der Waals surface area (Å²) in [6, 6.07) is 5.82. The summed E-state index contributed by atoms with van der Waals surface area (Å²) in [5, 5.41) is 5.94. The van der Waals surface area contributed by atoms with Crippen LogP contribution in [-0.4, -0.2) is 15.9 Å². The Hall–Kier alpha value is -1.76. The number of aromatic nitrogens is 2. The second kappa shape index (κ2) is 6.16. The summed E-state index contributed by atoms with van der Waals surface area (Å²) in [7, 11) is 0. The molecule has 7 heteroatoms. The number of amides is 1. The molecule has 0 fully saturated rings. The molecule has 4 nitrogen and oxygen atoms in total. The number of rotatable bonds is 3. The number of halogens is 1. The van der Waals surface area contributed by atoms with E-state index in [0.717, 1.165) is 21.1 Å². The largest absolute Gasteiger partial charge is 0.318 e. The van der Waals surface area contributed by atoms with Crippen LogP contribution in [0.3, 0.4) is 0 Å². The molecule has 0 spiro atoms. The number of carbonyl (C=O) groups excluding carboxylic acids is 1. The molecule has 22 heavy (non-hydrogen) atoms. The van der Waals surface area contributed by atoms with Crippen LogP contribution in [0.25, 0.3) is 9.88 Å². The first-order chi connectivity index (χ1) is 10.5. The summed E-state index contributed by atoms with van der Waals surface area (Å²) in [5.74, 6) is -0.226. The van der Waals surface area contributed by atoms with Gasteiger partial charge >= 0.3 is 0 Å². The number of aryl methyl sites for hydroxylation is 2. The first kappa shape index (κ1) is 15.1. The summed E-state index contributed by atoms with van der Waals surface area (Å²) < 4.78 is 0. The van der Waals surface area contributed by atoms with Crippen LogP contribution in [0, 0.1) is 13.8 Å². The van der Waals surface area contributed by atoms with E-state index in [1.54, 1.807) is 17.5 Å². The maximum absolute atomic E-state index is 12.4. The molecular weight excluding hydrogens is 338 g/mol. The molecule has 0 saturated carbocycles. The fourth-order valence-electron chi connectivity index (χ4n) is 2.01. The highest BCUT2D eigenvalue weighted by molar-refractivity contribution is 7.22. The first-order valence-corrected chi connectivity index (χ1v) is 8.57. The molecule has 1 amide bonds. The molecule has 3 heterocycles. The summed E-state index contributed by atoms with van der Waals surface area (Å²) in [6.07, 6.45) is 1.58. The van der Waals surface area contributed by atoms with Gasteiger partial charge in [0.15, 0.2) is 5.15 Å². The van der Waals surface area contributed by atoms with Crippen molar-refractivity contribution in [2.75, 3.05) is 5.32 Å². The number of carbonyl (C=O) groups is 1. The number of hydrogen-bond donors (Lipinski definition) is 1. The Bertz CT molecular complexity index is 804. The van der Waals surface area contributed by atoms with Crippen LogP contribution in [0.15, 0.2) is 29.8 Å². The van der Waals surface area contributed by atoms with Crippen LogP contribution >= 0.6 is 34.3 Å². The minimum Gasteiger partial charge on any atom is -0.318 e. The van der Waals surface area contributed by atoms with Gasteiger partial charge in [-0.25, -0.2) is 9.97 Å². The number of pyridine rings is 1. The van der Waals surface area contributed by atoms with Crippen molar-refractivity contribution < 1.29 is 4.79 Å². The van der Waals surface area contributed by atoms with Gasteiger partial charge in [-0.1, -0.05) is 17.7 Å². The Balaban J connectivity index is 1.84. The van der Waals surface area contributed by atoms with Gasteiger partial charge in [0.05, 0.1) is 16.8 Å². The lowest BCUT2D eigenvalue weighted by molar-refractivity contribution is 0.103. The minimum atomic E-state index is -0.226. The van der Waals surface area contributed by atoms with E-state index in [0.29, 0.717) is 15.7 Å². The molecule has 0 aliphatic rings. The molecule has 3 rings (SSSR count). The third-order valence-corrected chi connectivity index (χ3v) is 5.31. The Morgan fingerprint density at radius 1 is 1.36 bits per heavy atom. The van der Waals surface area contributed by atoms with E-state index in [9.17, 15) is 4.79 Å². The van der Waals surface area contributed by atoms with Crippen LogP contribution in [-0.2, 0) is 0 Å². The van der Waals surface area contributed by atoms with Gasteiger partial charge in [0.25, 0.3) is 5.91 Å². The number of hydrogen-bond acceptors (Lipinski definition) is 5. The van der Waals surface area contributed by atoms with Crippen molar-refractivity contribution in [1.29, 1.82) is 0 Å². The maximum Gasteiger partial charge on any atom is 0.267 e. The Morgan fingerprint density at radius 3 is 2.86 bits per heavy atom. The van der Waals surface area contributed by atoms with Crippen LogP contribution in [0.5, 0.6) is 0 Å². The van der Waals surface area contributed by atoms with Crippen molar-refractivity contribution in [2.45, 2.75) is 13.8 Å². The van der Waals surface area contributed by atoms with Crippen LogP contribution in [0.4, 0.5) is 5.69 Å².